The fourth-order valence-corrected chi connectivity index (χ4v) is 8.02. The van der Waals surface area contributed by atoms with E-state index in [9.17, 15) is 10.2 Å². The number of aliphatic hydroxyl groups is 2. The van der Waals surface area contributed by atoms with Gasteiger partial charge in [0.05, 0.1) is 12.2 Å². The summed E-state index contributed by atoms with van der Waals surface area (Å²) < 4.78 is 0. The zero-order valence-corrected chi connectivity index (χ0v) is 23.4. The lowest BCUT2D eigenvalue weighted by Gasteiger charge is -2.34. The Hall–Kier alpha value is -0.0800. The Bertz CT molecular complexity index is 525. The maximum atomic E-state index is 11.0. The van der Waals surface area contributed by atoms with Crippen molar-refractivity contribution in [2.45, 2.75) is 155 Å². The third-order valence-electron chi connectivity index (χ3n) is 11.0. The Balaban J connectivity index is 1.35. The first kappa shape index (κ1) is 28.5. The van der Waals surface area contributed by atoms with Crippen molar-refractivity contribution in [1.29, 1.82) is 0 Å². The van der Waals surface area contributed by atoms with Gasteiger partial charge in [-0.05, 0) is 92.3 Å². The molecule has 3 aliphatic carbocycles. The summed E-state index contributed by atoms with van der Waals surface area (Å²) in [5.74, 6) is 5.99. The van der Waals surface area contributed by atoms with Crippen molar-refractivity contribution in [2.24, 2.45) is 47.3 Å². The molecule has 4 unspecified atom stereocenters. The lowest BCUT2D eigenvalue weighted by atomic mass is 9.72. The predicted octanol–water partition coefficient (Wildman–Crippen LogP) is 8.78. The number of rotatable bonds is 13. The van der Waals surface area contributed by atoms with Gasteiger partial charge in [-0.25, -0.2) is 0 Å². The monoisotopic (exact) mass is 476 g/mol. The minimum absolute atomic E-state index is 0.116. The average molecular weight is 477 g/mol. The summed E-state index contributed by atoms with van der Waals surface area (Å²) in [6.07, 6.45) is 23.1. The van der Waals surface area contributed by atoms with E-state index in [2.05, 4.69) is 27.7 Å². The van der Waals surface area contributed by atoms with Crippen molar-refractivity contribution in [3.8, 4) is 0 Å². The molecule has 0 radical (unpaired) electrons. The van der Waals surface area contributed by atoms with Gasteiger partial charge in [-0.1, -0.05) is 98.3 Å². The minimum Gasteiger partial charge on any atom is -0.393 e. The Morgan fingerprint density at radius 3 is 1.97 bits per heavy atom. The quantitative estimate of drug-likeness (QED) is 0.279. The largest absolute Gasteiger partial charge is 0.393 e. The molecule has 0 bridgehead atoms. The SMILES string of the molecule is CCC(C)C(CCC[C@@H](O)C(C)CC1CCC(C2CCCC2)CC1)CC(O)C1CCC(C)CC1. The van der Waals surface area contributed by atoms with E-state index in [1.54, 1.807) is 0 Å². The molecule has 3 saturated carbocycles. The first-order chi connectivity index (χ1) is 16.4. The molecule has 0 aromatic carbocycles. The molecule has 3 fully saturated rings. The highest BCUT2D eigenvalue weighted by molar-refractivity contribution is 4.83. The summed E-state index contributed by atoms with van der Waals surface area (Å²) in [6.45, 7) is 9.33. The molecular weight excluding hydrogens is 416 g/mol. The van der Waals surface area contributed by atoms with E-state index in [4.69, 9.17) is 0 Å². The molecule has 3 aliphatic rings. The van der Waals surface area contributed by atoms with Gasteiger partial charge in [0.25, 0.3) is 0 Å². The second-order valence-corrected chi connectivity index (χ2v) is 13.5. The molecular formula is C32H60O2. The third-order valence-corrected chi connectivity index (χ3v) is 11.0. The second kappa shape index (κ2) is 14.6. The molecule has 0 aliphatic heterocycles. The van der Waals surface area contributed by atoms with Crippen LogP contribution in [-0.4, -0.2) is 22.4 Å². The molecule has 34 heavy (non-hydrogen) atoms. The van der Waals surface area contributed by atoms with Crippen molar-refractivity contribution in [3.63, 3.8) is 0 Å². The van der Waals surface area contributed by atoms with Crippen LogP contribution in [0, 0.1) is 47.3 Å². The smallest absolute Gasteiger partial charge is 0.0571 e. The summed E-state index contributed by atoms with van der Waals surface area (Å²) in [5, 5.41) is 21.9. The highest BCUT2D eigenvalue weighted by Gasteiger charge is 2.31. The van der Waals surface area contributed by atoms with E-state index in [1.165, 1.54) is 96.3 Å². The lowest BCUT2D eigenvalue weighted by molar-refractivity contribution is 0.0418. The van der Waals surface area contributed by atoms with Crippen molar-refractivity contribution in [1.82, 2.24) is 0 Å². The van der Waals surface area contributed by atoms with Crippen molar-refractivity contribution < 1.29 is 10.2 Å². The summed E-state index contributed by atoms with van der Waals surface area (Å²) in [6, 6.07) is 0. The Labute approximate surface area is 213 Å². The third kappa shape index (κ3) is 8.79. The second-order valence-electron chi connectivity index (χ2n) is 13.5. The number of hydrogen-bond donors (Lipinski definition) is 2. The van der Waals surface area contributed by atoms with Gasteiger partial charge in [-0.2, -0.15) is 0 Å². The van der Waals surface area contributed by atoms with Crippen LogP contribution < -0.4 is 0 Å². The van der Waals surface area contributed by atoms with Crippen LogP contribution in [-0.2, 0) is 0 Å². The molecule has 200 valence electrons. The molecule has 5 atom stereocenters. The van der Waals surface area contributed by atoms with Gasteiger partial charge in [-0.15, -0.1) is 0 Å². The fraction of sp³-hybridized carbons (Fsp3) is 1.00. The van der Waals surface area contributed by atoms with E-state index in [1.807, 2.05) is 0 Å². The van der Waals surface area contributed by atoms with Gasteiger partial charge in [-0.3, -0.25) is 0 Å². The van der Waals surface area contributed by atoms with Crippen LogP contribution in [0.3, 0.4) is 0 Å². The summed E-state index contributed by atoms with van der Waals surface area (Å²) in [4.78, 5) is 0. The van der Waals surface area contributed by atoms with E-state index < -0.39 is 0 Å². The van der Waals surface area contributed by atoms with Crippen LogP contribution in [0.5, 0.6) is 0 Å². The molecule has 2 N–H and O–H groups in total. The average Bonchev–Trinajstić information content (AvgIpc) is 3.38. The molecule has 0 saturated heterocycles. The minimum atomic E-state index is -0.144. The van der Waals surface area contributed by atoms with Crippen molar-refractivity contribution in [3.05, 3.63) is 0 Å². The standard InChI is InChI=1S/C32H60O2/c1-5-24(3)30(22-32(34)29-17-13-23(2)14-18-29)11-8-12-31(33)25(4)21-26-15-19-28(20-16-26)27-9-6-7-10-27/h23-34H,5-22H2,1-4H3/t23?,24?,25?,26?,28?,29?,30?,31-,32?/m1/s1. The van der Waals surface area contributed by atoms with Gasteiger partial charge in [0.1, 0.15) is 0 Å². The van der Waals surface area contributed by atoms with E-state index >= 15 is 0 Å². The fourth-order valence-electron chi connectivity index (χ4n) is 8.02. The van der Waals surface area contributed by atoms with Crippen molar-refractivity contribution in [2.75, 3.05) is 0 Å². The summed E-state index contributed by atoms with van der Waals surface area (Å²) in [7, 11) is 0. The van der Waals surface area contributed by atoms with Gasteiger partial charge < -0.3 is 10.2 Å². The van der Waals surface area contributed by atoms with Crippen LogP contribution in [0.4, 0.5) is 0 Å². The molecule has 0 aromatic heterocycles. The normalized spacial score (nSPS) is 33.4. The summed E-state index contributed by atoms with van der Waals surface area (Å²) >= 11 is 0. The molecule has 3 rings (SSSR count). The van der Waals surface area contributed by atoms with Gasteiger partial charge >= 0.3 is 0 Å². The van der Waals surface area contributed by atoms with Crippen LogP contribution in [0.15, 0.2) is 0 Å². The first-order valence-corrected chi connectivity index (χ1v) is 15.7. The molecule has 0 heterocycles. The zero-order chi connectivity index (χ0) is 24.5. The zero-order valence-electron chi connectivity index (χ0n) is 23.4. The Morgan fingerprint density at radius 2 is 1.35 bits per heavy atom. The van der Waals surface area contributed by atoms with Gasteiger partial charge in [0.15, 0.2) is 0 Å². The van der Waals surface area contributed by atoms with Crippen LogP contribution in [0.2, 0.25) is 0 Å². The Morgan fingerprint density at radius 1 is 0.735 bits per heavy atom. The predicted molar refractivity (Wildman–Crippen MR) is 146 cm³/mol. The van der Waals surface area contributed by atoms with E-state index in [0.717, 1.165) is 42.9 Å². The molecule has 0 spiro atoms. The topological polar surface area (TPSA) is 40.5 Å². The molecule has 0 aromatic rings. The van der Waals surface area contributed by atoms with Crippen molar-refractivity contribution >= 4 is 0 Å². The highest BCUT2D eigenvalue weighted by Crippen LogP contribution is 2.42. The molecule has 2 heteroatoms. The van der Waals surface area contributed by atoms with Crippen LogP contribution >= 0.6 is 0 Å². The van der Waals surface area contributed by atoms with Gasteiger partial charge in [0.2, 0.25) is 0 Å². The van der Waals surface area contributed by atoms with Crippen LogP contribution in [0.25, 0.3) is 0 Å². The number of aliphatic hydroxyl groups excluding tert-OH is 2. The number of hydrogen-bond acceptors (Lipinski definition) is 2. The van der Waals surface area contributed by atoms with E-state index in [0.29, 0.717) is 23.7 Å². The van der Waals surface area contributed by atoms with E-state index in [-0.39, 0.29) is 12.2 Å². The first-order valence-electron chi connectivity index (χ1n) is 15.7. The highest BCUT2D eigenvalue weighted by atomic mass is 16.3. The lowest BCUT2D eigenvalue weighted by Crippen LogP contribution is -2.29. The maximum Gasteiger partial charge on any atom is 0.0571 e. The summed E-state index contributed by atoms with van der Waals surface area (Å²) in [5.41, 5.74) is 0. The molecule has 0 amide bonds. The molecule has 2 nitrogen and oxygen atoms in total. The van der Waals surface area contributed by atoms with Gasteiger partial charge in [0, 0.05) is 0 Å². The Kier molecular flexibility index (Phi) is 12.2. The van der Waals surface area contributed by atoms with Crippen LogP contribution in [0.1, 0.15) is 143 Å². The maximum absolute atomic E-state index is 11.0.